The second-order valence-corrected chi connectivity index (χ2v) is 4.39. The van der Waals surface area contributed by atoms with E-state index in [4.69, 9.17) is 10.5 Å². The predicted molar refractivity (Wildman–Crippen MR) is 70.9 cm³/mol. The Labute approximate surface area is 108 Å². The first-order valence-corrected chi connectivity index (χ1v) is 6.37. The first-order valence-electron chi connectivity index (χ1n) is 6.37. The maximum absolute atomic E-state index is 5.53. The summed E-state index contributed by atoms with van der Waals surface area (Å²) < 4.78 is 5.10. The van der Waals surface area contributed by atoms with Crippen LogP contribution in [0, 0.1) is 0 Å². The van der Waals surface area contributed by atoms with Crippen molar-refractivity contribution >= 4 is 5.82 Å². The van der Waals surface area contributed by atoms with Crippen molar-refractivity contribution in [1.29, 1.82) is 0 Å². The molecule has 1 aliphatic heterocycles. The minimum Gasteiger partial charge on any atom is -0.480 e. The summed E-state index contributed by atoms with van der Waals surface area (Å²) in [6.07, 6.45) is 4.48. The Morgan fingerprint density at radius 3 is 2.72 bits per heavy atom. The summed E-state index contributed by atoms with van der Waals surface area (Å²) in [5.74, 6) is 1.46. The van der Waals surface area contributed by atoms with E-state index in [0.29, 0.717) is 5.88 Å². The Morgan fingerprint density at radius 1 is 1.28 bits per heavy atom. The highest BCUT2D eigenvalue weighted by molar-refractivity contribution is 5.38. The largest absolute Gasteiger partial charge is 0.480 e. The molecule has 0 bridgehead atoms. The Kier molecular flexibility index (Phi) is 4.72. The van der Waals surface area contributed by atoms with Crippen LogP contribution in [0.1, 0.15) is 6.42 Å². The number of piperazine rings is 1. The number of aromatic nitrogens is 2. The van der Waals surface area contributed by atoms with E-state index in [-0.39, 0.29) is 0 Å². The lowest BCUT2D eigenvalue weighted by molar-refractivity contribution is 0.255. The van der Waals surface area contributed by atoms with Gasteiger partial charge in [-0.25, -0.2) is 0 Å². The van der Waals surface area contributed by atoms with Crippen molar-refractivity contribution in [2.75, 3.05) is 51.3 Å². The minimum absolute atomic E-state index is 0.568. The van der Waals surface area contributed by atoms with Gasteiger partial charge >= 0.3 is 0 Å². The highest BCUT2D eigenvalue weighted by Gasteiger charge is 2.17. The molecule has 0 amide bonds. The Bertz CT molecular complexity index is 365. The van der Waals surface area contributed by atoms with Crippen molar-refractivity contribution < 1.29 is 4.74 Å². The monoisotopic (exact) mass is 251 g/mol. The molecule has 2 rings (SSSR count). The van der Waals surface area contributed by atoms with Gasteiger partial charge in [0.1, 0.15) is 0 Å². The van der Waals surface area contributed by atoms with Crippen LogP contribution in [0.4, 0.5) is 5.82 Å². The van der Waals surface area contributed by atoms with E-state index in [1.807, 2.05) is 0 Å². The van der Waals surface area contributed by atoms with Crippen molar-refractivity contribution in [3.8, 4) is 5.88 Å². The number of ether oxygens (including phenoxy) is 1. The standard InChI is InChI=1S/C12H21N5O/c1-18-12-10-14-9-11(15-12)17-7-5-16(6-8-17)4-2-3-13/h9-10H,2-8,13H2,1H3. The van der Waals surface area contributed by atoms with E-state index < -0.39 is 0 Å². The predicted octanol–water partition coefficient (Wildman–Crippen LogP) is -0.0440. The summed E-state index contributed by atoms with van der Waals surface area (Å²) in [7, 11) is 1.61. The van der Waals surface area contributed by atoms with Gasteiger partial charge in [-0.05, 0) is 19.5 Å². The molecule has 1 saturated heterocycles. The van der Waals surface area contributed by atoms with Gasteiger partial charge in [0.15, 0.2) is 5.82 Å². The van der Waals surface area contributed by atoms with E-state index >= 15 is 0 Å². The fourth-order valence-electron chi connectivity index (χ4n) is 2.10. The zero-order chi connectivity index (χ0) is 12.8. The molecule has 6 heteroatoms. The first-order chi connectivity index (χ1) is 8.83. The average Bonchev–Trinajstić information content (AvgIpc) is 2.46. The third-order valence-corrected chi connectivity index (χ3v) is 3.18. The van der Waals surface area contributed by atoms with Crippen molar-refractivity contribution in [2.24, 2.45) is 5.73 Å². The molecule has 1 aliphatic rings. The van der Waals surface area contributed by atoms with Crippen molar-refractivity contribution in [3.63, 3.8) is 0 Å². The number of anilines is 1. The summed E-state index contributed by atoms with van der Waals surface area (Å²) in [5.41, 5.74) is 5.53. The Balaban J connectivity index is 1.88. The molecule has 0 spiro atoms. The van der Waals surface area contributed by atoms with Crippen molar-refractivity contribution in [2.45, 2.75) is 6.42 Å². The van der Waals surface area contributed by atoms with Crippen LogP contribution in [-0.2, 0) is 0 Å². The number of nitrogens with two attached hydrogens (primary N) is 1. The molecule has 0 aliphatic carbocycles. The molecule has 0 atom stereocenters. The summed E-state index contributed by atoms with van der Waals surface area (Å²) in [4.78, 5) is 13.2. The molecular weight excluding hydrogens is 230 g/mol. The van der Waals surface area contributed by atoms with Gasteiger partial charge in [0.25, 0.3) is 0 Å². The van der Waals surface area contributed by atoms with Crippen molar-refractivity contribution in [1.82, 2.24) is 14.9 Å². The number of hydrogen-bond acceptors (Lipinski definition) is 6. The fraction of sp³-hybridized carbons (Fsp3) is 0.667. The van der Waals surface area contributed by atoms with Crippen LogP contribution in [0.5, 0.6) is 5.88 Å². The summed E-state index contributed by atoms with van der Waals surface area (Å²) in [6.45, 7) is 5.92. The van der Waals surface area contributed by atoms with Gasteiger partial charge in [0, 0.05) is 26.2 Å². The smallest absolute Gasteiger partial charge is 0.233 e. The SMILES string of the molecule is COc1cncc(N2CCN(CCCN)CC2)n1. The molecule has 1 aromatic heterocycles. The lowest BCUT2D eigenvalue weighted by atomic mass is 10.3. The molecule has 1 fully saturated rings. The van der Waals surface area contributed by atoms with Crippen molar-refractivity contribution in [3.05, 3.63) is 12.4 Å². The van der Waals surface area contributed by atoms with Crippen LogP contribution in [0.3, 0.4) is 0 Å². The second-order valence-electron chi connectivity index (χ2n) is 4.39. The van der Waals surface area contributed by atoms with Crippen LogP contribution in [0.25, 0.3) is 0 Å². The second kappa shape index (κ2) is 6.51. The summed E-state index contributed by atoms with van der Waals surface area (Å²) in [5, 5.41) is 0. The third-order valence-electron chi connectivity index (χ3n) is 3.18. The van der Waals surface area contributed by atoms with Crippen LogP contribution in [0.15, 0.2) is 12.4 Å². The van der Waals surface area contributed by atoms with Gasteiger partial charge in [-0.1, -0.05) is 0 Å². The number of nitrogens with zero attached hydrogens (tertiary/aromatic N) is 4. The third kappa shape index (κ3) is 3.30. The van der Waals surface area contributed by atoms with E-state index in [2.05, 4.69) is 19.8 Å². The summed E-state index contributed by atoms with van der Waals surface area (Å²) in [6, 6.07) is 0. The lowest BCUT2D eigenvalue weighted by Crippen LogP contribution is -2.47. The molecule has 1 aromatic rings. The maximum atomic E-state index is 5.53. The molecule has 0 radical (unpaired) electrons. The topological polar surface area (TPSA) is 67.5 Å². The number of hydrogen-bond donors (Lipinski definition) is 1. The van der Waals surface area contributed by atoms with Crippen LogP contribution in [-0.4, -0.2) is 61.2 Å². The van der Waals surface area contributed by atoms with Gasteiger partial charge < -0.3 is 15.4 Å². The van der Waals surface area contributed by atoms with E-state index in [1.54, 1.807) is 19.5 Å². The summed E-state index contributed by atoms with van der Waals surface area (Å²) >= 11 is 0. The molecule has 0 aromatic carbocycles. The zero-order valence-corrected chi connectivity index (χ0v) is 10.9. The molecule has 6 nitrogen and oxygen atoms in total. The van der Waals surface area contributed by atoms with Crippen LogP contribution >= 0.6 is 0 Å². The zero-order valence-electron chi connectivity index (χ0n) is 10.9. The van der Waals surface area contributed by atoms with E-state index in [1.165, 1.54) is 0 Å². The molecular formula is C12H21N5O. The highest BCUT2D eigenvalue weighted by Crippen LogP contribution is 2.15. The number of methoxy groups -OCH3 is 1. The molecule has 0 unspecified atom stereocenters. The minimum atomic E-state index is 0.568. The van der Waals surface area contributed by atoms with E-state index in [0.717, 1.165) is 51.5 Å². The van der Waals surface area contributed by atoms with Crippen LogP contribution < -0.4 is 15.4 Å². The molecule has 100 valence electrons. The van der Waals surface area contributed by atoms with Gasteiger partial charge in [0.05, 0.1) is 19.5 Å². The maximum Gasteiger partial charge on any atom is 0.233 e. The normalized spacial score (nSPS) is 16.9. The van der Waals surface area contributed by atoms with Gasteiger partial charge in [-0.15, -0.1) is 0 Å². The molecule has 18 heavy (non-hydrogen) atoms. The quantitative estimate of drug-likeness (QED) is 0.792. The van der Waals surface area contributed by atoms with Gasteiger partial charge in [0.2, 0.25) is 5.88 Å². The molecule has 0 saturated carbocycles. The van der Waals surface area contributed by atoms with Gasteiger partial charge in [-0.2, -0.15) is 4.98 Å². The fourth-order valence-corrected chi connectivity index (χ4v) is 2.10. The Hall–Kier alpha value is -1.40. The average molecular weight is 251 g/mol. The number of rotatable bonds is 5. The van der Waals surface area contributed by atoms with Gasteiger partial charge in [-0.3, -0.25) is 9.88 Å². The molecule has 2 N–H and O–H groups in total. The molecule has 2 heterocycles. The highest BCUT2D eigenvalue weighted by atomic mass is 16.5. The van der Waals surface area contributed by atoms with Crippen LogP contribution in [0.2, 0.25) is 0 Å². The lowest BCUT2D eigenvalue weighted by Gasteiger charge is -2.35. The Morgan fingerprint density at radius 2 is 2.06 bits per heavy atom. The van der Waals surface area contributed by atoms with E-state index in [9.17, 15) is 0 Å². The first kappa shape index (κ1) is 13.0.